The van der Waals surface area contributed by atoms with E-state index in [2.05, 4.69) is 5.10 Å². The Bertz CT molecular complexity index is 502. The molecule has 0 bridgehead atoms. The minimum absolute atomic E-state index is 0.174. The fraction of sp³-hybridized carbons (Fsp3) is 0.500. The number of halogens is 3. The highest BCUT2D eigenvalue weighted by Crippen LogP contribution is 2.35. The summed E-state index contributed by atoms with van der Waals surface area (Å²) in [4.78, 5) is 11.0. The van der Waals surface area contributed by atoms with Crippen LogP contribution in [-0.2, 0) is 22.8 Å². The predicted octanol–water partition coefficient (Wildman–Crippen LogP) is 2.71. The predicted molar refractivity (Wildman–Crippen MR) is 63.2 cm³/mol. The van der Waals surface area contributed by atoms with Crippen LogP contribution >= 0.6 is 0 Å². The summed E-state index contributed by atoms with van der Waals surface area (Å²) < 4.78 is 44.8. The first-order chi connectivity index (χ1) is 8.68. The van der Waals surface area contributed by atoms with Crippen LogP contribution in [-0.4, -0.2) is 22.2 Å². The number of aryl methyl sites for hydroxylation is 1. The summed E-state index contributed by atoms with van der Waals surface area (Å²) in [6.45, 7) is 4.88. The molecule has 0 saturated carbocycles. The lowest BCUT2D eigenvalue weighted by Crippen LogP contribution is -2.10. The first kappa shape index (κ1) is 15.3. The average molecular weight is 276 g/mol. The third-order valence-corrected chi connectivity index (χ3v) is 2.49. The van der Waals surface area contributed by atoms with E-state index in [1.807, 2.05) is 0 Å². The van der Waals surface area contributed by atoms with Gasteiger partial charge in [0.25, 0.3) is 0 Å². The topological polar surface area (TPSA) is 44.1 Å². The standard InChI is InChI=1S/C12H15F3N2O2/c1-7(2)19-6-9(5-18)10-8(3)17(4)16-11(10)12(13,14)15/h5-7H,1-4H3. The van der Waals surface area contributed by atoms with Gasteiger partial charge in [-0.1, -0.05) is 0 Å². The van der Waals surface area contributed by atoms with Gasteiger partial charge in [-0.05, 0) is 20.8 Å². The fourth-order valence-corrected chi connectivity index (χ4v) is 1.51. The number of allylic oxidation sites excluding steroid dienone is 1. The van der Waals surface area contributed by atoms with Crippen molar-refractivity contribution in [2.45, 2.75) is 33.1 Å². The zero-order valence-electron chi connectivity index (χ0n) is 11.1. The Labute approximate surface area is 108 Å². The van der Waals surface area contributed by atoms with Crippen LogP contribution < -0.4 is 0 Å². The van der Waals surface area contributed by atoms with Crippen LogP contribution in [0.4, 0.5) is 13.2 Å². The summed E-state index contributed by atoms with van der Waals surface area (Å²) in [5.41, 5.74) is -1.26. The summed E-state index contributed by atoms with van der Waals surface area (Å²) in [6.07, 6.45) is -3.49. The molecule has 1 aromatic heterocycles. The van der Waals surface area contributed by atoms with Gasteiger partial charge >= 0.3 is 6.18 Å². The van der Waals surface area contributed by atoms with Gasteiger partial charge in [-0.2, -0.15) is 18.3 Å². The van der Waals surface area contributed by atoms with E-state index in [0.29, 0.717) is 6.29 Å². The second-order valence-electron chi connectivity index (χ2n) is 4.31. The molecular weight excluding hydrogens is 261 g/mol. The molecule has 106 valence electrons. The van der Waals surface area contributed by atoms with Crippen molar-refractivity contribution in [2.75, 3.05) is 0 Å². The lowest BCUT2D eigenvalue weighted by atomic mass is 10.1. The Hall–Kier alpha value is -1.79. The molecule has 0 unspecified atom stereocenters. The molecule has 0 saturated heterocycles. The monoisotopic (exact) mass is 276 g/mol. The molecule has 0 spiro atoms. The molecule has 0 amide bonds. The molecule has 1 aromatic rings. The molecule has 7 heteroatoms. The molecule has 1 rings (SSSR count). The smallest absolute Gasteiger partial charge is 0.435 e. The third-order valence-electron chi connectivity index (χ3n) is 2.49. The molecule has 0 fully saturated rings. The van der Waals surface area contributed by atoms with Crippen LogP contribution in [0.3, 0.4) is 0 Å². The van der Waals surface area contributed by atoms with Crippen LogP contribution in [0.2, 0.25) is 0 Å². The molecule has 0 radical (unpaired) electrons. The van der Waals surface area contributed by atoms with Gasteiger partial charge in [0, 0.05) is 18.3 Å². The summed E-state index contributed by atoms with van der Waals surface area (Å²) in [6, 6.07) is 0. The first-order valence-electron chi connectivity index (χ1n) is 5.60. The highest BCUT2D eigenvalue weighted by Gasteiger charge is 2.39. The molecular formula is C12H15F3N2O2. The fourth-order valence-electron chi connectivity index (χ4n) is 1.51. The second-order valence-corrected chi connectivity index (χ2v) is 4.31. The van der Waals surface area contributed by atoms with Crippen LogP contribution in [0.15, 0.2) is 6.26 Å². The lowest BCUT2D eigenvalue weighted by Gasteiger charge is -2.09. The van der Waals surface area contributed by atoms with Gasteiger partial charge in [-0.15, -0.1) is 0 Å². The van der Waals surface area contributed by atoms with Crippen molar-refractivity contribution in [1.29, 1.82) is 0 Å². The van der Waals surface area contributed by atoms with Crippen molar-refractivity contribution in [3.63, 3.8) is 0 Å². The van der Waals surface area contributed by atoms with Gasteiger partial charge in [0.15, 0.2) is 12.0 Å². The Kier molecular flexibility index (Phi) is 4.39. The van der Waals surface area contributed by atoms with E-state index in [-0.39, 0.29) is 22.9 Å². The molecule has 0 N–H and O–H groups in total. The highest BCUT2D eigenvalue weighted by atomic mass is 19.4. The number of carbonyl (C=O) groups excluding carboxylic acids is 1. The normalized spacial score (nSPS) is 12.9. The van der Waals surface area contributed by atoms with Crippen LogP contribution in [0, 0.1) is 6.92 Å². The minimum atomic E-state index is -4.62. The maximum absolute atomic E-state index is 12.9. The number of alkyl halides is 3. The Morgan fingerprint density at radius 2 is 2.00 bits per heavy atom. The molecule has 0 aliphatic carbocycles. The second kappa shape index (κ2) is 5.46. The number of carbonyl (C=O) groups is 1. The number of hydrogen-bond donors (Lipinski definition) is 0. The molecule has 19 heavy (non-hydrogen) atoms. The number of ether oxygens (including phenoxy) is 1. The van der Waals surface area contributed by atoms with E-state index in [4.69, 9.17) is 4.74 Å². The number of hydrogen-bond acceptors (Lipinski definition) is 3. The number of aromatic nitrogens is 2. The van der Waals surface area contributed by atoms with Gasteiger partial charge in [0.05, 0.1) is 17.9 Å². The number of rotatable bonds is 4. The van der Waals surface area contributed by atoms with Gasteiger partial charge in [0.2, 0.25) is 0 Å². The first-order valence-corrected chi connectivity index (χ1v) is 5.60. The quantitative estimate of drug-likeness (QED) is 0.482. The Balaban J connectivity index is 3.39. The average Bonchev–Trinajstić information content (AvgIpc) is 2.57. The van der Waals surface area contributed by atoms with E-state index in [1.165, 1.54) is 14.0 Å². The number of nitrogens with zero attached hydrogens (tertiary/aromatic N) is 2. The van der Waals surface area contributed by atoms with E-state index in [0.717, 1.165) is 10.9 Å². The zero-order chi connectivity index (χ0) is 14.8. The maximum atomic E-state index is 12.9. The van der Waals surface area contributed by atoms with E-state index in [1.54, 1.807) is 13.8 Å². The molecule has 1 heterocycles. The van der Waals surface area contributed by atoms with Crippen molar-refractivity contribution in [2.24, 2.45) is 7.05 Å². The van der Waals surface area contributed by atoms with Crippen molar-refractivity contribution >= 4 is 11.9 Å². The van der Waals surface area contributed by atoms with Crippen molar-refractivity contribution in [3.05, 3.63) is 23.2 Å². The Morgan fingerprint density at radius 3 is 2.42 bits per heavy atom. The van der Waals surface area contributed by atoms with Crippen molar-refractivity contribution < 1.29 is 22.7 Å². The maximum Gasteiger partial charge on any atom is 0.435 e. The SMILES string of the molecule is Cc1c(C(C=O)=COC(C)C)c(C(F)(F)F)nn1C. The highest BCUT2D eigenvalue weighted by molar-refractivity contribution is 6.07. The van der Waals surface area contributed by atoms with Crippen molar-refractivity contribution in [1.82, 2.24) is 9.78 Å². The Morgan fingerprint density at radius 1 is 1.42 bits per heavy atom. The summed E-state index contributed by atoms with van der Waals surface area (Å²) in [5.74, 6) is 0. The third kappa shape index (κ3) is 3.36. The van der Waals surface area contributed by atoms with Crippen LogP contribution in [0.5, 0.6) is 0 Å². The van der Waals surface area contributed by atoms with Crippen molar-refractivity contribution in [3.8, 4) is 0 Å². The van der Waals surface area contributed by atoms with Gasteiger partial charge < -0.3 is 4.74 Å². The van der Waals surface area contributed by atoms with Gasteiger partial charge in [0.1, 0.15) is 0 Å². The molecule has 0 atom stereocenters. The summed E-state index contributed by atoms with van der Waals surface area (Å²) >= 11 is 0. The van der Waals surface area contributed by atoms with Gasteiger partial charge in [-0.3, -0.25) is 9.48 Å². The minimum Gasteiger partial charge on any atom is -0.498 e. The van der Waals surface area contributed by atoms with E-state index < -0.39 is 11.9 Å². The zero-order valence-corrected chi connectivity index (χ0v) is 11.1. The van der Waals surface area contributed by atoms with E-state index >= 15 is 0 Å². The lowest BCUT2D eigenvalue weighted by molar-refractivity contribution is -0.141. The molecule has 0 aromatic carbocycles. The summed E-state index contributed by atoms with van der Waals surface area (Å²) in [5, 5.41) is 3.41. The molecule has 0 aliphatic rings. The summed E-state index contributed by atoms with van der Waals surface area (Å²) in [7, 11) is 1.39. The largest absolute Gasteiger partial charge is 0.498 e. The molecule has 4 nitrogen and oxygen atoms in total. The van der Waals surface area contributed by atoms with Gasteiger partial charge in [-0.25, -0.2) is 0 Å². The number of aldehydes is 1. The van der Waals surface area contributed by atoms with Crippen LogP contribution in [0.1, 0.15) is 30.8 Å². The van der Waals surface area contributed by atoms with Crippen LogP contribution in [0.25, 0.3) is 5.57 Å². The van der Waals surface area contributed by atoms with E-state index in [9.17, 15) is 18.0 Å². The molecule has 0 aliphatic heterocycles.